The summed E-state index contributed by atoms with van der Waals surface area (Å²) < 4.78 is 16.4. The molecule has 0 N–H and O–H groups in total. The van der Waals surface area contributed by atoms with Crippen LogP contribution in [0, 0.1) is 0 Å². The van der Waals surface area contributed by atoms with E-state index in [9.17, 15) is 4.79 Å². The predicted molar refractivity (Wildman–Crippen MR) is 95.2 cm³/mol. The zero-order valence-corrected chi connectivity index (χ0v) is 15.6. The maximum absolute atomic E-state index is 12.9. The summed E-state index contributed by atoms with van der Waals surface area (Å²) in [5.41, 5.74) is 0. The van der Waals surface area contributed by atoms with Gasteiger partial charge in [-0.25, -0.2) is 0 Å². The van der Waals surface area contributed by atoms with Gasteiger partial charge >= 0.3 is 0 Å². The van der Waals surface area contributed by atoms with Crippen molar-refractivity contribution in [1.29, 1.82) is 0 Å². The molecule has 0 bridgehead atoms. The van der Waals surface area contributed by atoms with Crippen LogP contribution in [-0.2, 0) is 4.79 Å². The van der Waals surface area contributed by atoms with Crippen LogP contribution in [0.15, 0.2) is 28.8 Å². The summed E-state index contributed by atoms with van der Waals surface area (Å²) in [4.78, 5) is 19.1. The first kappa shape index (κ1) is 18.2. The van der Waals surface area contributed by atoms with Gasteiger partial charge in [-0.2, -0.15) is 4.98 Å². The number of amides is 1. The molecule has 3 rings (SSSR count). The number of ether oxygens (including phenoxy) is 2. The van der Waals surface area contributed by atoms with Crippen molar-refractivity contribution in [3.63, 3.8) is 0 Å². The second-order valence-corrected chi connectivity index (χ2v) is 6.77. The van der Waals surface area contributed by atoms with E-state index in [4.69, 9.17) is 14.0 Å². The van der Waals surface area contributed by atoms with Crippen LogP contribution >= 0.6 is 0 Å². The molecule has 0 spiro atoms. The highest BCUT2D eigenvalue weighted by Gasteiger charge is 2.36. The summed E-state index contributed by atoms with van der Waals surface area (Å²) in [7, 11) is 1.60. The van der Waals surface area contributed by atoms with E-state index in [-0.39, 0.29) is 17.9 Å². The molecule has 1 fully saturated rings. The maximum Gasteiger partial charge on any atom is 0.264 e. The lowest BCUT2D eigenvalue weighted by molar-refractivity contribution is -0.139. The van der Waals surface area contributed by atoms with E-state index in [1.807, 2.05) is 26.0 Å². The molecule has 0 aliphatic carbocycles. The third-order valence-corrected chi connectivity index (χ3v) is 4.50. The van der Waals surface area contributed by atoms with Gasteiger partial charge in [0.25, 0.3) is 5.91 Å². The molecule has 140 valence electrons. The van der Waals surface area contributed by atoms with E-state index < -0.39 is 6.10 Å². The summed E-state index contributed by atoms with van der Waals surface area (Å²) in [5, 5.41) is 4.02. The second-order valence-electron chi connectivity index (χ2n) is 6.77. The third-order valence-electron chi connectivity index (χ3n) is 4.50. The summed E-state index contributed by atoms with van der Waals surface area (Å²) in [5.74, 6) is 2.57. The lowest BCUT2D eigenvalue weighted by atomic mass is 10.2. The van der Waals surface area contributed by atoms with Crippen molar-refractivity contribution in [3.05, 3.63) is 36.0 Å². The largest absolute Gasteiger partial charge is 0.497 e. The van der Waals surface area contributed by atoms with Crippen LogP contribution in [0.1, 0.15) is 57.3 Å². The van der Waals surface area contributed by atoms with E-state index in [1.165, 1.54) is 0 Å². The molecule has 1 aliphatic rings. The molecule has 7 heteroatoms. The Labute approximate surface area is 153 Å². The van der Waals surface area contributed by atoms with Crippen molar-refractivity contribution in [3.8, 4) is 11.5 Å². The van der Waals surface area contributed by atoms with Crippen molar-refractivity contribution in [2.75, 3.05) is 13.7 Å². The summed E-state index contributed by atoms with van der Waals surface area (Å²) >= 11 is 0. The Balaban J connectivity index is 1.70. The van der Waals surface area contributed by atoms with Crippen molar-refractivity contribution in [2.45, 2.75) is 51.7 Å². The average molecular weight is 359 g/mol. The fourth-order valence-electron chi connectivity index (χ4n) is 3.07. The minimum absolute atomic E-state index is 0.0837. The second kappa shape index (κ2) is 7.76. The lowest BCUT2D eigenvalue weighted by Crippen LogP contribution is -2.40. The highest BCUT2D eigenvalue weighted by Crippen LogP contribution is 2.32. The number of carbonyl (C=O) groups excluding carboxylic acids is 1. The molecule has 7 nitrogen and oxygen atoms in total. The highest BCUT2D eigenvalue weighted by atomic mass is 16.5. The van der Waals surface area contributed by atoms with Gasteiger partial charge in [0, 0.05) is 18.5 Å². The van der Waals surface area contributed by atoms with Gasteiger partial charge in [0.05, 0.1) is 7.11 Å². The highest BCUT2D eigenvalue weighted by molar-refractivity contribution is 5.81. The molecule has 0 unspecified atom stereocenters. The Bertz CT molecular complexity index is 759. The third kappa shape index (κ3) is 3.81. The zero-order valence-electron chi connectivity index (χ0n) is 15.6. The Morgan fingerprint density at radius 2 is 2.08 bits per heavy atom. The molecule has 1 saturated heterocycles. The molecule has 1 aromatic carbocycles. The van der Waals surface area contributed by atoms with E-state index in [0.717, 1.165) is 12.8 Å². The average Bonchev–Trinajstić information content (AvgIpc) is 3.30. The van der Waals surface area contributed by atoms with Crippen LogP contribution in [0.3, 0.4) is 0 Å². The van der Waals surface area contributed by atoms with Crippen molar-refractivity contribution >= 4 is 5.91 Å². The molecule has 1 aromatic heterocycles. The van der Waals surface area contributed by atoms with E-state index in [2.05, 4.69) is 10.1 Å². The summed E-state index contributed by atoms with van der Waals surface area (Å²) in [6.45, 7) is 6.44. The number of aromatic nitrogens is 2. The van der Waals surface area contributed by atoms with E-state index in [0.29, 0.717) is 29.8 Å². The first-order valence-electron chi connectivity index (χ1n) is 8.94. The number of nitrogens with zero attached hydrogens (tertiary/aromatic N) is 3. The SMILES string of the molecule is COc1cccc(O[C@@H](C)C(=O)N2CCC[C@@H]2c2nc(C(C)C)no2)c1. The number of likely N-dealkylation sites (tertiary alicyclic amines) is 1. The van der Waals surface area contributed by atoms with Gasteiger partial charge in [0.15, 0.2) is 11.9 Å². The van der Waals surface area contributed by atoms with Crippen LogP contribution in [0.5, 0.6) is 11.5 Å². The van der Waals surface area contributed by atoms with Crippen LogP contribution in [0.4, 0.5) is 0 Å². The van der Waals surface area contributed by atoms with Crippen LogP contribution < -0.4 is 9.47 Å². The van der Waals surface area contributed by atoms with Gasteiger partial charge in [0.2, 0.25) is 5.89 Å². The predicted octanol–water partition coefficient (Wildman–Crippen LogP) is 3.33. The number of hydrogen-bond donors (Lipinski definition) is 0. The van der Waals surface area contributed by atoms with Gasteiger partial charge < -0.3 is 18.9 Å². The van der Waals surface area contributed by atoms with Crippen molar-refractivity contribution in [1.82, 2.24) is 15.0 Å². The molecule has 2 heterocycles. The quantitative estimate of drug-likeness (QED) is 0.787. The Hall–Kier alpha value is -2.57. The number of hydrogen-bond acceptors (Lipinski definition) is 6. The molecule has 1 amide bonds. The zero-order chi connectivity index (χ0) is 18.7. The van der Waals surface area contributed by atoms with Gasteiger partial charge in [-0.1, -0.05) is 25.1 Å². The first-order chi connectivity index (χ1) is 12.5. The molecular weight excluding hydrogens is 334 g/mol. The standard InChI is InChI=1S/C19H25N3O4/c1-12(2)17-20-18(26-21-17)16-9-6-10-22(16)19(23)13(3)25-15-8-5-7-14(11-15)24-4/h5,7-8,11-13,16H,6,9-10H2,1-4H3/t13-,16+/m0/s1. The maximum atomic E-state index is 12.9. The Kier molecular flexibility index (Phi) is 5.44. The fraction of sp³-hybridized carbons (Fsp3) is 0.526. The van der Waals surface area contributed by atoms with Crippen LogP contribution in [0.25, 0.3) is 0 Å². The minimum Gasteiger partial charge on any atom is -0.497 e. The molecule has 0 radical (unpaired) electrons. The summed E-state index contributed by atoms with van der Waals surface area (Å²) in [6.07, 6.45) is 1.11. The van der Waals surface area contributed by atoms with Crippen molar-refractivity contribution < 1.29 is 18.8 Å². The lowest BCUT2D eigenvalue weighted by Gasteiger charge is -2.25. The molecule has 2 aromatic rings. The summed E-state index contributed by atoms with van der Waals surface area (Å²) in [6, 6.07) is 7.05. The monoisotopic (exact) mass is 359 g/mol. The van der Waals surface area contributed by atoms with E-state index in [1.54, 1.807) is 31.1 Å². The molecular formula is C19H25N3O4. The molecule has 26 heavy (non-hydrogen) atoms. The smallest absolute Gasteiger partial charge is 0.264 e. The van der Waals surface area contributed by atoms with Gasteiger partial charge in [0.1, 0.15) is 17.5 Å². The van der Waals surface area contributed by atoms with Crippen LogP contribution in [-0.4, -0.2) is 40.7 Å². The van der Waals surface area contributed by atoms with Crippen LogP contribution in [0.2, 0.25) is 0 Å². The fourth-order valence-corrected chi connectivity index (χ4v) is 3.07. The van der Waals surface area contributed by atoms with Gasteiger partial charge in [-0.15, -0.1) is 0 Å². The number of methoxy groups -OCH3 is 1. The minimum atomic E-state index is -0.616. The molecule has 0 saturated carbocycles. The normalized spacial score (nSPS) is 18.2. The Morgan fingerprint density at radius 3 is 2.77 bits per heavy atom. The molecule has 2 atom stereocenters. The first-order valence-corrected chi connectivity index (χ1v) is 8.94. The number of carbonyl (C=O) groups is 1. The number of rotatable bonds is 6. The van der Waals surface area contributed by atoms with Crippen molar-refractivity contribution in [2.24, 2.45) is 0 Å². The van der Waals surface area contributed by atoms with Gasteiger partial charge in [-0.05, 0) is 31.9 Å². The van der Waals surface area contributed by atoms with Gasteiger partial charge in [-0.3, -0.25) is 4.79 Å². The molecule has 1 aliphatic heterocycles. The Morgan fingerprint density at radius 1 is 1.31 bits per heavy atom. The topological polar surface area (TPSA) is 77.7 Å². The number of benzene rings is 1. The van der Waals surface area contributed by atoms with E-state index >= 15 is 0 Å².